The minimum Gasteiger partial charge on any atom is -0.465 e. The fourth-order valence-corrected chi connectivity index (χ4v) is 3.18. The summed E-state index contributed by atoms with van der Waals surface area (Å²) >= 11 is 5.14. The van der Waals surface area contributed by atoms with E-state index in [1.54, 1.807) is 23.5 Å². The van der Waals surface area contributed by atoms with Crippen molar-refractivity contribution in [3.63, 3.8) is 0 Å². The first-order chi connectivity index (χ1) is 9.10. The van der Waals surface area contributed by atoms with Gasteiger partial charge >= 0.3 is 5.97 Å². The number of rotatable bonds is 4. The van der Waals surface area contributed by atoms with Gasteiger partial charge in [0.05, 0.1) is 18.7 Å². The molecule has 5 heteroatoms. The molecule has 3 nitrogen and oxygen atoms in total. The van der Waals surface area contributed by atoms with Crippen LogP contribution in [0.25, 0.3) is 0 Å². The fourth-order valence-electron chi connectivity index (χ4n) is 1.73. The highest BCUT2D eigenvalue weighted by Crippen LogP contribution is 2.28. The number of carbonyl (C=O) groups excluding carboxylic acids is 1. The molecule has 0 aliphatic heterocycles. The van der Waals surface area contributed by atoms with Crippen LogP contribution in [0.2, 0.25) is 0 Å². The van der Waals surface area contributed by atoms with Crippen LogP contribution in [0.1, 0.15) is 28.2 Å². The molecule has 0 bridgehead atoms. The van der Waals surface area contributed by atoms with Crippen molar-refractivity contribution in [2.24, 2.45) is 0 Å². The zero-order valence-electron chi connectivity index (χ0n) is 10.6. The molecule has 0 saturated heterocycles. The van der Waals surface area contributed by atoms with E-state index in [1.165, 1.54) is 12.0 Å². The maximum absolute atomic E-state index is 11.5. The molecule has 0 saturated carbocycles. The van der Waals surface area contributed by atoms with Crippen molar-refractivity contribution >= 4 is 38.9 Å². The third-order valence-electron chi connectivity index (χ3n) is 2.68. The molecule has 1 heterocycles. The van der Waals surface area contributed by atoms with E-state index in [0.717, 1.165) is 10.2 Å². The Kier molecular flexibility index (Phi) is 4.61. The number of nitrogens with one attached hydrogen (secondary N) is 1. The van der Waals surface area contributed by atoms with E-state index in [4.69, 9.17) is 4.74 Å². The number of methoxy groups -OCH3 is 1. The van der Waals surface area contributed by atoms with Gasteiger partial charge in [-0.2, -0.15) is 0 Å². The minimum absolute atomic E-state index is 0.184. The van der Waals surface area contributed by atoms with Crippen LogP contribution in [-0.2, 0) is 4.74 Å². The maximum Gasteiger partial charge on any atom is 0.337 e. The molecule has 0 fully saturated rings. The van der Waals surface area contributed by atoms with Gasteiger partial charge in [-0.1, -0.05) is 6.07 Å². The molecule has 0 aliphatic rings. The van der Waals surface area contributed by atoms with Gasteiger partial charge in [-0.3, -0.25) is 0 Å². The number of benzene rings is 1. The lowest BCUT2D eigenvalue weighted by Gasteiger charge is -2.14. The number of ether oxygens (including phenoxy) is 1. The summed E-state index contributed by atoms with van der Waals surface area (Å²) in [6.07, 6.45) is 0. The molecule has 0 spiro atoms. The van der Waals surface area contributed by atoms with Crippen LogP contribution in [-0.4, -0.2) is 13.1 Å². The molecule has 1 N–H and O–H groups in total. The number of hydrogen-bond acceptors (Lipinski definition) is 4. The standard InChI is InChI=1S/C14H14BrNO2S/c1-9(13-7-11(15)8-19-13)16-12-5-3-4-10(6-12)14(17)18-2/h3-9,16H,1-2H3. The minimum atomic E-state index is -0.324. The Morgan fingerprint density at radius 2 is 2.21 bits per heavy atom. The van der Waals surface area contributed by atoms with Gasteiger partial charge in [0, 0.05) is 20.4 Å². The van der Waals surface area contributed by atoms with E-state index < -0.39 is 0 Å². The summed E-state index contributed by atoms with van der Waals surface area (Å²) in [5.74, 6) is -0.324. The largest absolute Gasteiger partial charge is 0.465 e. The normalized spacial score (nSPS) is 11.9. The average Bonchev–Trinajstić information content (AvgIpc) is 2.85. The number of carbonyl (C=O) groups is 1. The average molecular weight is 340 g/mol. The summed E-state index contributed by atoms with van der Waals surface area (Å²) in [4.78, 5) is 12.7. The van der Waals surface area contributed by atoms with Crippen molar-refractivity contribution < 1.29 is 9.53 Å². The van der Waals surface area contributed by atoms with Crippen molar-refractivity contribution in [1.82, 2.24) is 0 Å². The van der Waals surface area contributed by atoms with Gasteiger partial charge in [0.25, 0.3) is 0 Å². The van der Waals surface area contributed by atoms with Crippen LogP contribution in [0.3, 0.4) is 0 Å². The molecular formula is C14H14BrNO2S. The van der Waals surface area contributed by atoms with E-state index in [-0.39, 0.29) is 12.0 Å². The van der Waals surface area contributed by atoms with E-state index >= 15 is 0 Å². The molecule has 1 unspecified atom stereocenters. The molecule has 1 aromatic carbocycles. The molecule has 0 amide bonds. The van der Waals surface area contributed by atoms with Gasteiger partial charge in [0.2, 0.25) is 0 Å². The first-order valence-corrected chi connectivity index (χ1v) is 7.46. The summed E-state index contributed by atoms with van der Waals surface area (Å²) < 4.78 is 5.80. The Balaban J connectivity index is 2.12. The van der Waals surface area contributed by atoms with Crippen LogP contribution >= 0.6 is 27.3 Å². The molecule has 2 rings (SSSR count). The second kappa shape index (κ2) is 6.21. The van der Waals surface area contributed by atoms with Crippen molar-refractivity contribution in [1.29, 1.82) is 0 Å². The van der Waals surface area contributed by atoms with Crippen LogP contribution in [0.15, 0.2) is 40.2 Å². The maximum atomic E-state index is 11.5. The van der Waals surface area contributed by atoms with Gasteiger partial charge in [-0.15, -0.1) is 11.3 Å². The first kappa shape index (κ1) is 14.1. The predicted molar refractivity (Wildman–Crippen MR) is 81.8 cm³/mol. The summed E-state index contributed by atoms with van der Waals surface area (Å²) in [5, 5.41) is 5.43. The van der Waals surface area contributed by atoms with Gasteiger partial charge in [-0.25, -0.2) is 4.79 Å². The molecular weight excluding hydrogens is 326 g/mol. The number of hydrogen-bond donors (Lipinski definition) is 1. The lowest BCUT2D eigenvalue weighted by atomic mass is 10.2. The summed E-state index contributed by atoms with van der Waals surface area (Å²) in [6, 6.07) is 9.59. The fraction of sp³-hybridized carbons (Fsp3) is 0.214. The Bertz CT molecular complexity index is 582. The van der Waals surface area contributed by atoms with Crippen LogP contribution in [0, 0.1) is 0 Å². The Hall–Kier alpha value is -1.33. The van der Waals surface area contributed by atoms with Gasteiger partial charge in [0.15, 0.2) is 0 Å². The molecule has 19 heavy (non-hydrogen) atoms. The smallest absolute Gasteiger partial charge is 0.337 e. The second-order valence-electron chi connectivity index (χ2n) is 4.11. The lowest BCUT2D eigenvalue weighted by Crippen LogP contribution is -2.06. The van der Waals surface area contributed by atoms with Crippen molar-refractivity contribution in [2.75, 3.05) is 12.4 Å². The molecule has 1 aromatic heterocycles. The number of halogens is 1. The summed E-state index contributed by atoms with van der Waals surface area (Å²) in [6.45, 7) is 2.09. The molecule has 0 aliphatic carbocycles. The van der Waals surface area contributed by atoms with E-state index in [2.05, 4.69) is 39.6 Å². The van der Waals surface area contributed by atoms with E-state index in [1.807, 2.05) is 12.1 Å². The van der Waals surface area contributed by atoms with Crippen molar-refractivity contribution in [3.8, 4) is 0 Å². The Labute approximate surface area is 124 Å². The quantitative estimate of drug-likeness (QED) is 0.835. The Morgan fingerprint density at radius 3 is 2.84 bits per heavy atom. The highest BCUT2D eigenvalue weighted by atomic mass is 79.9. The summed E-state index contributed by atoms with van der Waals surface area (Å²) in [7, 11) is 1.38. The SMILES string of the molecule is COC(=O)c1cccc(NC(C)c2cc(Br)cs2)c1. The second-order valence-corrected chi connectivity index (χ2v) is 5.96. The molecule has 0 radical (unpaired) electrons. The van der Waals surface area contributed by atoms with Crippen LogP contribution < -0.4 is 5.32 Å². The highest BCUT2D eigenvalue weighted by molar-refractivity contribution is 9.10. The third-order valence-corrected chi connectivity index (χ3v) is 4.56. The topological polar surface area (TPSA) is 38.3 Å². The molecule has 2 aromatic rings. The van der Waals surface area contributed by atoms with E-state index in [9.17, 15) is 4.79 Å². The monoisotopic (exact) mass is 339 g/mol. The summed E-state index contributed by atoms with van der Waals surface area (Å²) in [5.41, 5.74) is 1.45. The van der Waals surface area contributed by atoms with Crippen molar-refractivity contribution in [2.45, 2.75) is 13.0 Å². The lowest BCUT2D eigenvalue weighted by molar-refractivity contribution is 0.0601. The Morgan fingerprint density at radius 1 is 1.42 bits per heavy atom. The number of thiophene rings is 1. The predicted octanol–water partition coefficient (Wildman–Crippen LogP) is 4.47. The van der Waals surface area contributed by atoms with E-state index in [0.29, 0.717) is 5.56 Å². The number of anilines is 1. The van der Waals surface area contributed by atoms with Gasteiger partial charge < -0.3 is 10.1 Å². The van der Waals surface area contributed by atoms with Gasteiger partial charge in [0.1, 0.15) is 0 Å². The third kappa shape index (κ3) is 3.58. The zero-order chi connectivity index (χ0) is 13.8. The highest BCUT2D eigenvalue weighted by Gasteiger charge is 2.10. The molecule has 1 atom stereocenters. The van der Waals surface area contributed by atoms with Crippen LogP contribution in [0.4, 0.5) is 5.69 Å². The number of esters is 1. The molecule has 100 valence electrons. The first-order valence-electron chi connectivity index (χ1n) is 5.79. The van der Waals surface area contributed by atoms with Gasteiger partial charge in [-0.05, 0) is 47.1 Å². The van der Waals surface area contributed by atoms with Crippen molar-refractivity contribution in [3.05, 3.63) is 50.6 Å². The van der Waals surface area contributed by atoms with Crippen LogP contribution in [0.5, 0.6) is 0 Å². The zero-order valence-corrected chi connectivity index (χ0v) is 13.0.